The molecule has 78 valence electrons. The summed E-state index contributed by atoms with van der Waals surface area (Å²) in [6.45, 7) is 3.81. The fraction of sp³-hybridized carbons (Fsp3) is 0.600. The zero-order valence-corrected chi connectivity index (χ0v) is 8.29. The van der Waals surface area contributed by atoms with Crippen LogP contribution in [0.2, 0.25) is 0 Å². The summed E-state index contributed by atoms with van der Waals surface area (Å²) >= 11 is 0. The number of carbonyl (C=O) groups excluding carboxylic acids is 2. The molecule has 4 nitrogen and oxygen atoms in total. The van der Waals surface area contributed by atoms with E-state index in [0.29, 0.717) is 12.8 Å². The number of carbonyl (C=O) groups is 2. The molecule has 0 bridgehead atoms. The van der Waals surface area contributed by atoms with Gasteiger partial charge >= 0.3 is 5.97 Å². The lowest BCUT2D eigenvalue weighted by Crippen LogP contribution is -2.37. The maximum Gasteiger partial charge on any atom is 0.309 e. The highest BCUT2D eigenvalue weighted by Gasteiger charge is 2.36. The lowest BCUT2D eigenvalue weighted by atomic mass is 9.77. The molecule has 1 amide bonds. The van der Waals surface area contributed by atoms with E-state index >= 15 is 0 Å². The summed E-state index contributed by atoms with van der Waals surface area (Å²) in [7, 11) is 1.32. The predicted molar refractivity (Wildman–Crippen MR) is 51.2 cm³/mol. The normalized spacial score (nSPS) is 27.1. The fourth-order valence-corrected chi connectivity index (χ4v) is 1.85. The molecule has 1 fully saturated rings. The molecule has 2 unspecified atom stereocenters. The van der Waals surface area contributed by atoms with Crippen LogP contribution in [0.4, 0.5) is 0 Å². The monoisotopic (exact) mass is 197 g/mol. The number of hydrogen-bond donors (Lipinski definition) is 1. The van der Waals surface area contributed by atoms with Gasteiger partial charge in [0.1, 0.15) is 0 Å². The molecule has 0 aliphatic heterocycles. The molecule has 0 spiro atoms. The maximum absolute atomic E-state index is 11.3. The second-order valence-electron chi connectivity index (χ2n) is 3.63. The number of amides is 1. The SMILES string of the molecule is C=C1CCC(C(=O)OC)C(C(N)=O)C1. The van der Waals surface area contributed by atoms with Crippen molar-refractivity contribution in [2.24, 2.45) is 17.6 Å². The number of nitrogens with two attached hydrogens (primary N) is 1. The van der Waals surface area contributed by atoms with Gasteiger partial charge in [-0.2, -0.15) is 0 Å². The Balaban J connectivity index is 2.77. The summed E-state index contributed by atoms with van der Waals surface area (Å²) in [4.78, 5) is 22.4. The predicted octanol–water partition coefficient (Wildman–Crippen LogP) is 0.617. The van der Waals surface area contributed by atoms with Crippen molar-refractivity contribution in [2.75, 3.05) is 7.11 Å². The smallest absolute Gasteiger partial charge is 0.309 e. The van der Waals surface area contributed by atoms with Crippen molar-refractivity contribution < 1.29 is 14.3 Å². The number of esters is 1. The van der Waals surface area contributed by atoms with Gasteiger partial charge < -0.3 is 10.5 Å². The molecule has 0 radical (unpaired) electrons. The van der Waals surface area contributed by atoms with E-state index in [1.54, 1.807) is 0 Å². The van der Waals surface area contributed by atoms with E-state index in [2.05, 4.69) is 11.3 Å². The van der Waals surface area contributed by atoms with Crippen LogP contribution in [-0.4, -0.2) is 19.0 Å². The van der Waals surface area contributed by atoms with Crippen LogP contribution in [0.15, 0.2) is 12.2 Å². The van der Waals surface area contributed by atoms with Crippen molar-refractivity contribution in [1.29, 1.82) is 0 Å². The van der Waals surface area contributed by atoms with Gasteiger partial charge in [0.2, 0.25) is 5.91 Å². The van der Waals surface area contributed by atoms with Gasteiger partial charge in [-0.3, -0.25) is 9.59 Å². The minimum absolute atomic E-state index is 0.346. The molecule has 0 saturated heterocycles. The largest absolute Gasteiger partial charge is 0.469 e. The van der Waals surface area contributed by atoms with Gasteiger partial charge in [0, 0.05) is 0 Å². The lowest BCUT2D eigenvalue weighted by molar-refractivity contribution is -0.150. The summed E-state index contributed by atoms with van der Waals surface area (Å²) in [6, 6.07) is 0. The Bertz CT molecular complexity index is 273. The highest BCUT2D eigenvalue weighted by molar-refractivity contribution is 5.84. The average Bonchev–Trinajstić information content (AvgIpc) is 2.16. The first-order valence-electron chi connectivity index (χ1n) is 4.60. The first-order valence-corrected chi connectivity index (χ1v) is 4.60. The fourth-order valence-electron chi connectivity index (χ4n) is 1.85. The van der Waals surface area contributed by atoms with Gasteiger partial charge in [0.05, 0.1) is 18.9 Å². The summed E-state index contributed by atoms with van der Waals surface area (Å²) < 4.78 is 4.63. The maximum atomic E-state index is 11.3. The third kappa shape index (κ3) is 2.13. The van der Waals surface area contributed by atoms with Crippen LogP contribution in [-0.2, 0) is 14.3 Å². The van der Waals surface area contributed by atoms with E-state index < -0.39 is 11.8 Å². The number of methoxy groups -OCH3 is 1. The quantitative estimate of drug-likeness (QED) is 0.521. The molecule has 1 saturated carbocycles. The van der Waals surface area contributed by atoms with Crippen molar-refractivity contribution in [2.45, 2.75) is 19.3 Å². The molecule has 2 N–H and O–H groups in total. The van der Waals surface area contributed by atoms with Gasteiger partial charge in [0.15, 0.2) is 0 Å². The van der Waals surface area contributed by atoms with Crippen LogP contribution in [0.25, 0.3) is 0 Å². The molecule has 0 heterocycles. The highest BCUT2D eigenvalue weighted by Crippen LogP contribution is 2.33. The first-order chi connectivity index (χ1) is 6.56. The zero-order chi connectivity index (χ0) is 10.7. The van der Waals surface area contributed by atoms with E-state index in [-0.39, 0.29) is 11.9 Å². The molecule has 14 heavy (non-hydrogen) atoms. The Kier molecular flexibility index (Phi) is 3.28. The third-order valence-electron chi connectivity index (χ3n) is 2.67. The molecule has 0 aromatic heterocycles. The van der Waals surface area contributed by atoms with Crippen LogP contribution < -0.4 is 5.73 Å². The van der Waals surface area contributed by atoms with E-state index in [1.165, 1.54) is 7.11 Å². The standard InChI is InChI=1S/C10H15NO3/c1-6-3-4-7(10(13)14-2)8(5-6)9(11)12/h7-8H,1,3-5H2,2H3,(H2,11,12). The first kappa shape index (κ1) is 10.8. The van der Waals surface area contributed by atoms with Crippen molar-refractivity contribution >= 4 is 11.9 Å². The summed E-state index contributed by atoms with van der Waals surface area (Å²) in [6.07, 6.45) is 1.89. The van der Waals surface area contributed by atoms with Crippen LogP contribution >= 0.6 is 0 Å². The molecule has 0 aromatic rings. The average molecular weight is 197 g/mol. The Hall–Kier alpha value is -1.32. The van der Waals surface area contributed by atoms with Gasteiger partial charge in [-0.25, -0.2) is 0 Å². The van der Waals surface area contributed by atoms with Crippen molar-refractivity contribution in [1.82, 2.24) is 0 Å². The molecule has 0 aromatic carbocycles. The van der Waals surface area contributed by atoms with E-state index in [4.69, 9.17) is 5.73 Å². The number of ether oxygens (including phenoxy) is 1. The number of hydrogen-bond acceptors (Lipinski definition) is 3. The molecule has 1 rings (SSSR count). The number of primary amides is 1. The van der Waals surface area contributed by atoms with Crippen molar-refractivity contribution in [3.63, 3.8) is 0 Å². The second kappa shape index (κ2) is 4.26. The Labute approximate surface area is 83.1 Å². The second-order valence-corrected chi connectivity index (χ2v) is 3.63. The van der Waals surface area contributed by atoms with Crippen LogP contribution in [0.3, 0.4) is 0 Å². The van der Waals surface area contributed by atoms with Gasteiger partial charge in [-0.1, -0.05) is 12.2 Å². The summed E-state index contributed by atoms with van der Waals surface area (Å²) in [5, 5.41) is 0. The third-order valence-corrected chi connectivity index (χ3v) is 2.67. The Morgan fingerprint density at radius 2 is 2.14 bits per heavy atom. The topological polar surface area (TPSA) is 69.4 Å². The van der Waals surface area contributed by atoms with Crippen molar-refractivity contribution in [3.05, 3.63) is 12.2 Å². The van der Waals surface area contributed by atoms with Crippen LogP contribution in [0.5, 0.6) is 0 Å². The summed E-state index contributed by atoms with van der Waals surface area (Å²) in [5.74, 6) is -1.62. The van der Waals surface area contributed by atoms with Crippen LogP contribution in [0.1, 0.15) is 19.3 Å². The Morgan fingerprint density at radius 1 is 1.50 bits per heavy atom. The Morgan fingerprint density at radius 3 is 2.64 bits per heavy atom. The molecular formula is C10H15NO3. The molecule has 1 aliphatic carbocycles. The molecule has 1 aliphatic rings. The van der Waals surface area contributed by atoms with E-state index in [1.807, 2.05) is 0 Å². The van der Waals surface area contributed by atoms with Gasteiger partial charge in [-0.05, 0) is 19.3 Å². The highest BCUT2D eigenvalue weighted by atomic mass is 16.5. The molecule has 2 atom stereocenters. The van der Waals surface area contributed by atoms with Gasteiger partial charge in [-0.15, -0.1) is 0 Å². The zero-order valence-electron chi connectivity index (χ0n) is 8.29. The summed E-state index contributed by atoms with van der Waals surface area (Å²) in [5.41, 5.74) is 6.20. The number of allylic oxidation sites excluding steroid dienone is 1. The minimum Gasteiger partial charge on any atom is -0.469 e. The lowest BCUT2D eigenvalue weighted by Gasteiger charge is -2.28. The van der Waals surface area contributed by atoms with E-state index in [9.17, 15) is 9.59 Å². The minimum atomic E-state index is -0.443. The number of rotatable bonds is 2. The van der Waals surface area contributed by atoms with Gasteiger partial charge in [0.25, 0.3) is 0 Å². The van der Waals surface area contributed by atoms with Crippen molar-refractivity contribution in [3.8, 4) is 0 Å². The van der Waals surface area contributed by atoms with E-state index in [0.717, 1.165) is 12.0 Å². The molecular weight excluding hydrogens is 182 g/mol. The van der Waals surface area contributed by atoms with Crippen LogP contribution in [0, 0.1) is 11.8 Å². The molecule has 4 heteroatoms.